The number of rotatable bonds is 0. The Labute approximate surface area is 80.8 Å². The number of nitrogens with one attached hydrogen (secondary N) is 1. The van der Waals surface area contributed by atoms with E-state index in [0.29, 0.717) is 5.84 Å². The van der Waals surface area contributed by atoms with E-state index in [4.69, 9.17) is 5.21 Å². The topological polar surface area (TPSA) is 44.6 Å². The lowest BCUT2D eigenvalue weighted by Gasteiger charge is -1.99. The molecule has 0 aliphatic carbocycles. The van der Waals surface area contributed by atoms with Gasteiger partial charge in [-0.3, -0.25) is 10.7 Å². The number of benzene rings is 1. The van der Waals surface area contributed by atoms with Crippen molar-refractivity contribution in [2.45, 2.75) is 11.3 Å². The van der Waals surface area contributed by atoms with Gasteiger partial charge < -0.3 is 0 Å². The summed E-state index contributed by atoms with van der Waals surface area (Å²) in [4.78, 5) is 5.47. The summed E-state index contributed by atoms with van der Waals surface area (Å²) in [6.07, 6.45) is 0.774. The molecule has 0 saturated heterocycles. The van der Waals surface area contributed by atoms with Gasteiger partial charge in [0.2, 0.25) is 0 Å². The first kappa shape index (κ1) is 8.59. The van der Waals surface area contributed by atoms with Crippen molar-refractivity contribution >= 4 is 23.3 Å². The van der Waals surface area contributed by atoms with Crippen molar-refractivity contribution in [2.24, 2.45) is 4.99 Å². The highest BCUT2D eigenvalue weighted by molar-refractivity contribution is 7.99. The van der Waals surface area contributed by atoms with Gasteiger partial charge in [-0.1, -0.05) is 12.1 Å². The predicted molar refractivity (Wildman–Crippen MR) is 53.8 cm³/mol. The Morgan fingerprint density at radius 3 is 3.08 bits per heavy atom. The minimum atomic E-state index is 0.637. The van der Waals surface area contributed by atoms with Crippen LogP contribution in [0, 0.1) is 0 Å². The van der Waals surface area contributed by atoms with E-state index in [-0.39, 0.29) is 0 Å². The molecule has 1 aromatic carbocycles. The first-order valence-electron chi connectivity index (χ1n) is 4.09. The molecule has 0 saturated carbocycles. The number of fused-ring (bicyclic) bond motifs is 1. The number of amidine groups is 1. The zero-order valence-corrected chi connectivity index (χ0v) is 7.84. The number of thioether (sulfide) groups is 1. The second-order valence-corrected chi connectivity index (χ2v) is 3.87. The molecular formula is C9H10N2OS. The van der Waals surface area contributed by atoms with Crippen molar-refractivity contribution in [3.8, 4) is 0 Å². The van der Waals surface area contributed by atoms with Crippen LogP contribution in [0.1, 0.15) is 6.42 Å². The van der Waals surface area contributed by atoms with Crippen LogP contribution in [0.2, 0.25) is 0 Å². The van der Waals surface area contributed by atoms with Crippen LogP contribution in [0.4, 0.5) is 5.69 Å². The molecular weight excluding hydrogens is 184 g/mol. The molecule has 4 heteroatoms. The largest absolute Gasteiger partial charge is 0.290 e. The highest BCUT2D eigenvalue weighted by Crippen LogP contribution is 2.32. The third kappa shape index (κ3) is 1.84. The van der Waals surface area contributed by atoms with Crippen molar-refractivity contribution in [3.63, 3.8) is 0 Å². The molecule has 0 atom stereocenters. The summed E-state index contributed by atoms with van der Waals surface area (Å²) in [6.45, 7) is 0. The van der Waals surface area contributed by atoms with Gasteiger partial charge in [0, 0.05) is 17.1 Å². The number of aliphatic imine (C=N–C) groups is 1. The SMILES string of the molecule is ONC1=Nc2ccccc2SCC1. The van der Waals surface area contributed by atoms with Crippen molar-refractivity contribution in [1.82, 2.24) is 5.48 Å². The highest BCUT2D eigenvalue weighted by Gasteiger charge is 2.08. The van der Waals surface area contributed by atoms with Crippen molar-refractivity contribution in [2.75, 3.05) is 5.75 Å². The zero-order valence-electron chi connectivity index (χ0n) is 7.03. The molecule has 1 aromatic rings. The number of nitrogens with zero attached hydrogens (tertiary/aromatic N) is 1. The Balaban J connectivity index is 2.40. The lowest BCUT2D eigenvalue weighted by molar-refractivity contribution is 0.232. The van der Waals surface area contributed by atoms with E-state index in [2.05, 4.69) is 10.5 Å². The number of hydrogen-bond donors (Lipinski definition) is 2. The van der Waals surface area contributed by atoms with Crippen LogP contribution in [-0.4, -0.2) is 16.8 Å². The fourth-order valence-corrected chi connectivity index (χ4v) is 2.16. The maximum Gasteiger partial charge on any atom is 0.127 e. The average molecular weight is 194 g/mol. The molecule has 68 valence electrons. The zero-order chi connectivity index (χ0) is 9.10. The summed E-state index contributed by atoms with van der Waals surface area (Å²) in [5.74, 6) is 1.58. The Hall–Kier alpha value is -1.00. The van der Waals surface area contributed by atoms with Gasteiger partial charge >= 0.3 is 0 Å². The second-order valence-electron chi connectivity index (χ2n) is 2.74. The van der Waals surface area contributed by atoms with E-state index in [1.54, 1.807) is 11.8 Å². The number of para-hydroxylation sites is 1. The molecule has 1 heterocycles. The fourth-order valence-electron chi connectivity index (χ4n) is 1.21. The first-order chi connectivity index (χ1) is 6.40. The number of hydroxylamine groups is 1. The van der Waals surface area contributed by atoms with Crippen LogP contribution in [0.25, 0.3) is 0 Å². The normalized spacial score (nSPS) is 15.6. The molecule has 0 amide bonds. The van der Waals surface area contributed by atoms with Gasteiger partial charge in [0.25, 0.3) is 0 Å². The smallest absolute Gasteiger partial charge is 0.127 e. The molecule has 0 bridgehead atoms. The molecule has 1 aliphatic heterocycles. The quantitative estimate of drug-likeness (QED) is 0.622. The molecule has 3 nitrogen and oxygen atoms in total. The summed E-state index contributed by atoms with van der Waals surface area (Å²) < 4.78 is 0. The van der Waals surface area contributed by atoms with Crippen LogP contribution >= 0.6 is 11.8 Å². The van der Waals surface area contributed by atoms with Gasteiger partial charge in [-0.05, 0) is 12.1 Å². The lowest BCUT2D eigenvalue weighted by atomic mass is 10.3. The first-order valence-corrected chi connectivity index (χ1v) is 5.08. The summed E-state index contributed by atoms with van der Waals surface area (Å²) in [7, 11) is 0. The summed E-state index contributed by atoms with van der Waals surface area (Å²) in [5, 5.41) is 8.75. The van der Waals surface area contributed by atoms with Crippen molar-refractivity contribution < 1.29 is 5.21 Å². The standard InChI is InChI=1S/C9H10N2OS/c12-11-9-5-6-13-8-4-2-1-3-7(8)10-9/h1-4,12H,5-6H2,(H,10,11). The van der Waals surface area contributed by atoms with Crippen LogP contribution in [0.3, 0.4) is 0 Å². The molecule has 2 N–H and O–H groups in total. The highest BCUT2D eigenvalue weighted by atomic mass is 32.2. The van der Waals surface area contributed by atoms with Gasteiger partial charge in [0.15, 0.2) is 0 Å². The third-order valence-electron chi connectivity index (χ3n) is 1.85. The summed E-state index contributed by atoms with van der Waals surface area (Å²) in [6, 6.07) is 7.94. The summed E-state index contributed by atoms with van der Waals surface area (Å²) in [5.41, 5.74) is 3.05. The van der Waals surface area contributed by atoms with Crippen LogP contribution in [-0.2, 0) is 0 Å². The third-order valence-corrected chi connectivity index (χ3v) is 2.91. The van der Waals surface area contributed by atoms with E-state index < -0.39 is 0 Å². The molecule has 0 spiro atoms. The monoisotopic (exact) mass is 194 g/mol. The van der Waals surface area contributed by atoms with Gasteiger partial charge in [-0.2, -0.15) is 0 Å². The Kier molecular flexibility index (Phi) is 2.52. The molecule has 2 rings (SSSR count). The van der Waals surface area contributed by atoms with Crippen molar-refractivity contribution in [3.05, 3.63) is 24.3 Å². The maximum absolute atomic E-state index is 8.75. The predicted octanol–water partition coefficient (Wildman–Crippen LogP) is 2.19. The van der Waals surface area contributed by atoms with Gasteiger partial charge in [0.1, 0.15) is 5.84 Å². The minimum absolute atomic E-state index is 0.637. The lowest BCUT2D eigenvalue weighted by Crippen LogP contribution is -2.18. The van der Waals surface area contributed by atoms with E-state index >= 15 is 0 Å². The van der Waals surface area contributed by atoms with Gasteiger partial charge in [-0.15, -0.1) is 11.8 Å². The van der Waals surface area contributed by atoms with E-state index in [1.807, 2.05) is 24.3 Å². The van der Waals surface area contributed by atoms with Gasteiger partial charge in [-0.25, -0.2) is 4.99 Å². The molecule has 0 radical (unpaired) electrons. The fraction of sp³-hybridized carbons (Fsp3) is 0.222. The average Bonchev–Trinajstić information content (AvgIpc) is 2.38. The van der Waals surface area contributed by atoms with E-state index in [1.165, 1.54) is 4.90 Å². The van der Waals surface area contributed by atoms with E-state index in [0.717, 1.165) is 17.9 Å². The Morgan fingerprint density at radius 2 is 2.23 bits per heavy atom. The maximum atomic E-state index is 8.75. The van der Waals surface area contributed by atoms with Crippen LogP contribution < -0.4 is 5.48 Å². The molecule has 0 unspecified atom stereocenters. The van der Waals surface area contributed by atoms with Crippen LogP contribution in [0.5, 0.6) is 0 Å². The van der Waals surface area contributed by atoms with Gasteiger partial charge in [0.05, 0.1) is 5.69 Å². The molecule has 0 fully saturated rings. The van der Waals surface area contributed by atoms with Crippen LogP contribution in [0.15, 0.2) is 34.2 Å². The summed E-state index contributed by atoms with van der Waals surface area (Å²) >= 11 is 1.76. The second kappa shape index (κ2) is 3.81. The Bertz CT molecular complexity index is 338. The Morgan fingerprint density at radius 1 is 1.38 bits per heavy atom. The van der Waals surface area contributed by atoms with Crippen molar-refractivity contribution in [1.29, 1.82) is 0 Å². The minimum Gasteiger partial charge on any atom is -0.290 e. The van der Waals surface area contributed by atoms with E-state index in [9.17, 15) is 0 Å². The number of hydrogen-bond acceptors (Lipinski definition) is 4. The molecule has 13 heavy (non-hydrogen) atoms. The molecule has 1 aliphatic rings. The molecule has 0 aromatic heterocycles.